The molecule has 1 unspecified atom stereocenters. The molecule has 3 nitrogen and oxygen atoms in total. The number of hydrogen-bond acceptors (Lipinski definition) is 3. The fraction of sp³-hybridized carbons (Fsp3) is 0.312. The summed E-state index contributed by atoms with van der Waals surface area (Å²) in [6.07, 6.45) is 1.07. The van der Waals surface area contributed by atoms with Crippen LogP contribution in [0.2, 0.25) is 0 Å². The van der Waals surface area contributed by atoms with Crippen molar-refractivity contribution in [3.05, 3.63) is 52.5 Å². The number of aromatic nitrogens is 2. The number of thiophene rings is 1. The summed E-state index contributed by atoms with van der Waals surface area (Å²) in [5.41, 5.74) is 2.26. The van der Waals surface area contributed by atoms with Crippen molar-refractivity contribution < 1.29 is 0 Å². The quantitative estimate of drug-likeness (QED) is 0.779. The van der Waals surface area contributed by atoms with Crippen molar-refractivity contribution in [1.82, 2.24) is 14.9 Å². The number of nitrogens with one attached hydrogen (secondary N) is 1. The SMILES string of the molecule is CC(Cc1cccs1)NCc1nc2ccccc2n1C. The van der Waals surface area contributed by atoms with E-state index in [-0.39, 0.29) is 0 Å². The van der Waals surface area contributed by atoms with Crippen LogP contribution in [0.3, 0.4) is 0 Å². The first kappa shape index (κ1) is 13.3. The van der Waals surface area contributed by atoms with Gasteiger partial charge < -0.3 is 9.88 Å². The highest BCUT2D eigenvalue weighted by Crippen LogP contribution is 2.15. The van der Waals surface area contributed by atoms with Crippen LogP contribution in [-0.4, -0.2) is 15.6 Å². The van der Waals surface area contributed by atoms with Gasteiger partial charge in [-0.2, -0.15) is 0 Å². The van der Waals surface area contributed by atoms with Gasteiger partial charge in [0.25, 0.3) is 0 Å². The molecule has 0 aliphatic rings. The first-order valence-corrected chi connectivity index (χ1v) is 7.78. The second-order valence-corrected chi connectivity index (χ2v) is 6.17. The topological polar surface area (TPSA) is 29.9 Å². The minimum absolute atomic E-state index is 0.452. The summed E-state index contributed by atoms with van der Waals surface area (Å²) < 4.78 is 2.17. The lowest BCUT2D eigenvalue weighted by atomic mass is 10.2. The van der Waals surface area contributed by atoms with E-state index in [0.717, 1.165) is 24.3 Å². The third-order valence-corrected chi connectivity index (χ3v) is 4.47. The summed E-state index contributed by atoms with van der Waals surface area (Å²) >= 11 is 1.82. The zero-order valence-electron chi connectivity index (χ0n) is 11.8. The molecule has 3 aromatic rings. The second kappa shape index (κ2) is 5.77. The van der Waals surface area contributed by atoms with Crippen LogP contribution in [0, 0.1) is 0 Å². The Hall–Kier alpha value is -1.65. The number of rotatable bonds is 5. The highest BCUT2D eigenvalue weighted by Gasteiger charge is 2.09. The molecule has 1 N–H and O–H groups in total. The summed E-state index contributed by atoms with van der Waals surface area (Å²) in [4.78, 5) is 6.11. The molecule has 0 saturated carbocycles. The Bertz CT molecular complexity index is 685. The molecule has 4 heteroatoms. The van der Waals surface area contributed by atoms with Crippen LogP contribution in [0.4, 0.5) is 0 Å². The van der Waals surface area contributed by atoms with E-state index in [1.165, 1.54) is 10.4 Å². The molecule has 0 aliphatic heterocycles. The lowest BCUT2D eigenvalue weighted by Crippen LogP contribution is -2.28. The molecule has 104 valence electrons. The maximum absolute atomic E-state index is 4.68. The number of benzene rings is 1. The standard InChI is InChI=1S/C16H19N3S/c1-12(10-13-6-5-9-20-13)17-11-16-18-14-7-3-4-8-15(14)19(16)2/h3-9,12,17H,10-11H2,1-2H3. The molecule has 1 atom stereocenters. The molecule has 0 bridgehead atoms. The van der Waals surface area contributed by atoms with Crippen molar-refractivity contribution in [2.24, 2.45) is 7.05 Å². The zero-order valence-corrected chi connectivity index (χ0v) is 12.7. The van der Waals surface area contributed by atoms with E-state index in [1.807, 2.05) is 17.4 Å². The van der Waals surface area contributed by atoms with Crippen LogP contribution < -0.4 is 5.32 Å². The highest BCUT2D eigenvalue weighted by atomic mass is 32.1. The van der Waals surface area contributed by atoms with E-state index in [4.69, 9.17) is 0 Å². The van der Waals surface area contributed by atoms with E-state index in [9.17, 15) is 0 Å². The molecule has 0 aliphatic carbocycles. The fourth-order valence-corrected chi connectivity index (χ4v) is 3.26. The van der Waals surface area contributed by atoms with Gasteiger partial charge in [-0.25, -0.2) is 4.98 Å². The number of aryl methyl sites for hydroxylation is 1. The monoisotopic (exact) mass is 285 g/mol. The third kappa shape index (κ3) is 2.76. The predicted molar refractivity (Wildman–Crippen MR) is 85.0 cm³/mol. The molecule has 2 heterocycles. The summed E-state index contributed by atoms with van der Waals surface area (Å²) in [6.45, 7) is 3.03. The van der Waals surface area contributed by atoms with E-state index >= 15 is 0 Å². The fourth-order valence-electron chi connectivity index (χ4n) is 2.42. The minimum Gasteiger partial charge on any atom is -0.330 e. The first-order chi connectivity index (χ1) is 9.74. The second-order valence-electron chi connectivity index (χ2n) is 5.14. The Morgan fingerprint density at radius 1 is 1.25 bits per heavy atom. The Morgan fingerprint density at radius 2 is 2.10 bits per heavy atom. The maximum atomic E-state index is 4.68. The molecule has 0 fully saturated rings. The van der Waals surface area contributed by atoms with Crippen LogP contribution in [0.1, 0.15) is 17.6 Å². The van der Waals surface area contributed by atoms with Gasteiger partial charge >= 0.3 is 0 Å². The van der Waals surface area contributed by atoms with Crippen LogP contribution in [0.25, 0.3) is 11.0 Å². The number of imidazole rings is 1. The van der Waals surface area contributed by atoms with Crippen molar-refractivity contribution in [1.29, 1.82) is 0 Å². The molecule has 3 rings (SSSR count). The lowest BCUT2D eigenvalue weighted by molar-refractivity contribution is 0.530. The summed E-state index contributed by atoms with van der Waals surface area (Å²) in [5.74, 6) is 1.09. The summed E-state index contributed by atoms with van der Waals surface area (Å²) in [5, 5.41) is 5.69. The Labute approximate surface area is 123 Å². The molecule has 0 radical (unpaired) electrons. The molecule has 0 spiro atoms. The maximum Gasteiger partial charge on any atom is 0.123 e. The Morgan fingerprint density at radius 3 is 2.85 bits per heavy atom. The normalized spacial score (nSPS) is 12.9. The van der Waals surface area contributed by atoms with Crippen LogP contribution in [-0.2, 0) is 20.0 Å². The molecule has 20 heavy (non-hydrogen) atoms. The molecule has 1 aromatic carbocycles. The molecular formula is C16H19N3S. The van der Waals surface area contributed by atoms with Gasteiger partial charge in [-0.3, -0.25) is 0 Å². The zero-order chi connectivity index (χ0) is 13.9. The van der Waals surface area contributed by atoms with Gasteiger partial charge in [0.2, 0.25) is 0 Å². The lowest BCUT2D eigenvalue weighted by Gasteiger charge is -2.12. The molecule has 0 saturated heterocycles. The van der Waals surface area contributed by atoms with E-state index < -0.39 is 0 Å². The number of hydrogen-bond donors (Lipinski definition) is 1. The van der Waals surface area contributed by atoms with Crippen LogP contribution in [0.5, 0.6) is 0 Å². The van der Waals surface area contributed by atoms with Gasteiger partial charge in [0.05, 0.1) is 17.6 Å². The average molecular weight is 285 g/mol. The predicted octanol–water partition coefficient (Wildman–Crippen LogP) is 3.36. The van der Waals surface area contributed by atoms with Crippen molar-refractivity contribution in [3.63, 3.8) is 0 Å². The van der Waals surface area contributed by atoms with E-state index in [1.54, 1.807) is 0 Å². The van der Waals surface area contributed by atoms with Gasteiger partial charge in [0, 0.05) is 18.0 Å². The van der Waals surface area contributed by atoms with Crippen molar-refractivity contribution in [3.8, 4) is 0 Å². The Balaban J connectivity index is 1.66. The van der Waals surface area contributed by atoms with Gasteiger partial charge in [0.15, 0.2) is 0 Å². The smallest absolute Gasteiger partial charge is 0.123 e. The molecule has 2 aromatic heterocycles. The van der Waals surface area contributed by atoms with Crippen LogP contribution >= 0.6 is 11.3 Å². The van der Waals surface area contributed by atoms with E-state index in [2.05, 4.69) is 64.6 Å². The van der Waals surface area contributed by atoms with Crippen molar-refractivity contribution in [2.45, 2.75) is 25.9 Å². The largest absolute Gasteiger partial charge is 0.330 e. The first-order valence-electron chi connectivity index (χ1n) is 6.90. The van der Waals surface area contributed by atoms with E-state index in [0.29, 0.717) is 6.04 Å². The summed E-state index contributed by atoms with van der Waals surface area (Å²) in [7, 11) is 2.08. The number of para-hydroxylation sites is 2. The molecular weight excluding hydrogens is 266 g/mol. The average Bonchev–Trinajstić information content (AvgIpc) is 3.06. The van der Waals surface area contributed by atoms with Crippen LogP contribution in [0.15, 0.2) is 41.8 Å². The van der Waals surface area contributed by atoms with Gasteiger partial charge in [-0.15, -0.1) is 11.3 Å². The molecule has 0 amide bonds. The van der Waals surface area contributed by atoms with Gasteiger partial charge in [-0.1, -0.05) is 18.2 Å². The minimum atomic E-state index is 0.452. The number of nitrogens with zero attached hydrogens (tertiary/aromatic N) is 2. The third-order valence-electron chi connectivity index (χ3n) is 3.58. The number of fused-ring (bicyclic) bond motifs is 1. The Kier molecular flexibility index (Phi) is 3.85. The van der Waals surface area contributed by atoms with Gasteiger partial charge in [0.1, 0.15) is 5.82 Å². The van der Waals surface area contributed by atoms with Crippen molar-refractivity contribution >= 4 is 22.4 Å². The summed E-state index contributed by atoms with van der Waals surface area (Å²) in [6, 6.07) is 13.0. The van der Waals surface area contributed by atoms with Gasteiger partial charge in [-0.05, 0) is 36.9 Å². The highest BCUT2D eigenvalue weighted by molar-refractivity contribution is 7.09. The van der Waals surface area contributed by atoms with Crippen molar-refractivity contribution in [2.75, 3.05) is 0 Å².